The fraction of sp³-hybridized carbons (Fsp3) is 0.400. The summed E-state index contributed by atoms with van der Waals surface area (Å²) < 4.78 is 1.20. The van der Waals surface area contributed by atoms with E-state index < -0.39 is 0 Å². The van der Waals surface area contributed by atoms with Crippen molar-refractivity contribution in [1.82, 2.24) is 5.32 Å². The zero-order chi connectivity index (χ0) is 8.55. The first-order valence-corrected chi connectivity index (χ1v) is 5.03. The average Bonchev–Trinajstić information content (AvgIpc) is 1.79. The van der Waals surface area contributed by atoms with E-state index in [2.05, 4.69) is 46.4 Å². The minimum atomic E-state index is 0.737. The Bertz CT molecular complexity index is 272. The predicted octanol–water partition coefficient (Wildman–Crippen LogP) is 2.44. The largest absolute Gasteiger partial charge is 0.315 e. The van der Waals surface area contributed by atoms with Gasteiger partial charge in [-0.25, -0.2) is 0 Å². The van der Waals surface area contributed by atoms with Gasteiger partial charge in [0.1, 0.15) is 0 Å². The summed E-state index contributed by atoms with van der Waals surface area (Å²) in [4.78, 5) is 0. The third-order valence-corrected chi connectivity index (χ3v) is 2.78. The van der Waals surface area contributed by atoms with Crippen LogP contribution in [0.3, 0.4) is 0 Å². The molecule has 0 saturated carbocycles. The molecule has 12 heavy (non-hydrogen) atoms. The van der Waals surface area contributed by atoms with Crippen LogP contribution in [0, 0.1) is 6.92 Å². The highest BCUT2D eigenvalue weighted by Gasteiger charge is 2.18. The standard InChI is InChI=1S/C10H12BrN/c1-7-2-8(4-10(11)3-7)9-5-12-6-9/h2-4,9,12H,5-6H2,1H3. The van der Waals surface area contributed by atoms with E-state index in [1.54, 1.807) is 0 Å². The molecule has 1 heterocycles. The van der Waals surface area contributed by atoms with Crippen molar-refractivity contribution in [3.63, 3.8) is 0 Å². The van der Waals surface area contributed by atoms with E-state index in [0.717, 1.165) is 19.0 Å². The third kappa shape index (κ3) is 1.54. The summed E-state index contributed by atoms with van der Waals surface area (Å²) in [6, 6.07) is 6.64. The number of benzene rings is 1. The summed E-state index contributed by atoms with van der Waals surface area (Å²) in [6.45, 7) is 4.41. The normalized spacial score (nSPS) is 17.5. The highest BCUT2D eigenvalue weighted by molar-refractivity contribution is 9.10. The Labute approximate surface area is 81.3 Å². The second-order valence-electron chi connectivity index (χ2n) is 3.42. The van der Waals surface area contributed by atoms with Crippen LogP contribution in [0.5, 0.6) is 0 Å². The van der Waals surface area contributed by atoms with Crippen LogP contribution in [-0.4, -0.2) is 13.1 Å². The Balaban J connectivity index is 2.30. The van der Waals surface area contributed by atoms with Crippen molar-refractivity contribution in [3.8, 4) is 0 Å². The second-order valence-corrected chi connectivity index (χ2v) is 4.33. The Kier molecular flexibility index (Phi) is 2.20. The molecule has 0 aliphatic carbocycles. The van der Waals surface area contributed by atoms with Gasteiger partial charge < -0.3 is 5.32 Å². The Morgan fingerprint density at radius 2 is 2.08 bits per heavy atom. The van der Waals surface area contributed by atoms with Gasteiger partial charge in [0, 0.05) is 23.5 Å². The highest BCUT2D eigenvalue weighted by Crippen LogP contribution is 2.24. The minimum Gasteiger partial charge on any atom is -0.315 e. The second kappa shape index (κ2) is 3.19. The smallest absolute Gasteiger partial charge is 0.0180 e. The zero-order valence-electron chi connectivity index (χ0n) is 7.10. The number of rotatable bonds is 1. The van der Waals surface area contributed by atoms with E-state index in [0.29, 0.717) is 0 Å². The van der Waals surface area contributed by atoms with Gasteiger partial charge in [-0.05, 0) is 30.2 Å². The van der Waals surface area contributed by atoms with E-state index in [4.69, 9.17) is 0 Å². The molecule has 0 unspecified atom stereocenters. The fourth-order valence-electron chi connectivity index (χ4n) is 1.52. The van der Waals surface area contributed by atoms with Crippen LogP contribution in [0.15, 0.2) is 22.7 Å². The zero-order valence-corrected chi connectivity index (χ0v) is 8.69. The summed E-state index contributed by atoms with van der Waals surface area (Å²) in [5.41, 5.74) is 2.80. The van der Waals surface area contributed by atoms with Crippen molar-refractivity contribution < 1.29 is 0 Å². The highest BCUT2D eigenvalue weighted by atomic mass is 79.9. The van der Waals surface area contributed by atoms with Gasteiger partial charge in [0.05, 0.1) is 0 Å². The van der Waals surface area contributed by atoms with Gasteiger partial charge >= 0.3 is 0 Å². The van der Waals surface area contributed by atoms with Gasteiger partial charge in [0.15, 0.2) is 0 Å². The van der Waals surface area contributed by atoms with Gasteiger partial charge in [0.2, 0.25) is 0 Å². The molecule has 1 aliphatic rings. The van der Waals surface area contributed by atoms with Crippen LogP contribution >= 0.6 is 15.9 Å². The monoisotopic (exact) mass is 225 g/mol. The van der Waals surface area contributed by atoms with Crippen LogP contribution in [0.25, 0.3) is 0 Å². The minimum absolute atomic E-state index is 0.737. The lowest BCUT2D eigenvalue weighted by molar-refractivity contribution is 0.448. The molecule has 0 amide bonds. The molecule has 1 aromatic carbocycles. The van der Waals surface area contributed by atoms with E-state index in [-0.39, 0.29) is 0 Å². The summed E-state index contributed by atoms with van der Waals surface area (Å²) >= 11 is 3.51. The number of hydrogen-bond acceptors (Lipinski definition) is 1. The van der Waals surface area contributed by atoms with Crippen LogP contribution in [0.1, 0.15) is 17.0 Å². The Morgan fingerprint density at radius 3 is 2.58 bits per heavy atom. The lowest BCUT2D eigenvalue weighted by atomic mass is 9.93. The van der Waals surface area contributed by atoms with Gasteiger partial charge in [-0.1, -0.05) is 22.0 Å². The van der Waals surface area contributed by atoms with Crippen molar-refractivity contribution in [1.29, 1.82) is 0 Å². The van der Waals surface area contributed by atoms with E-state index in [1.807, 2.05) is 0 Å². The summed E-state index contributed by atoms with van der Waals surface area (Å²) in [5.74, 6) is 0.737. The molecule has 2 heteroatoms. The first-order valence-electron chi connectivity index (χ1n) is 4.23. The molecule has 0 atom stereocenters. The molecule has 1 N–H and O–H groups in total. The molecule has 0 aromatic heterocycles. The molecule has 1 aliphatic heterocycles. The maximum atomic E-state index is 3.51. The first-order chi connectivity index (χ1) is 5.75. The van der Waals surface area contributed by atoms with Crippen LogP contribution in [0.2, 0.25) is 0 Å². The van der Waals surface area contributed by atoms with E-state index >= 15 is 0 Å². The van der Waals surface area contributed by atoms with Crippen molar-refractivity contribution in [2.45, 2.75) is 12.8 Å². The fourth-order valence-corrected chi connectivity index (χ4v) is 2.15. The van der Waals surface area contributed by atoms with Crippen molar-refractivity contribution >= 4 is 15.9 Å². The molecule has 1 saturated heterocycles. The molecular weight excluding hydrogens is 214 g/mol. The maximum absolute atomic E-state index is 3.51. The maximum Gasteiger partial charge on any atom is 0.0180 e. The average molecular weight is 226 g/mol. The number of halogens is 1. The number of nitrogens with one attached hydrogen (secondary N) is 1. The first kappa shape index (κ1) is 8.27. The predicted molar refractivity (Wildman–Crippen MR) is 54.5 cm³/mol. The summed E-state index contributed by atoms with van der Waals surface area (Å²) in [5, 5.41) is 3.28. The van der Waals surface area contributed by atoms with E-state index in [1.165, 1.54) is 15.6 Å². The molecular formula is C10H12BrN. The topological polar surface area (TPSA) is 12.0 Å². The molecule has 0 bridgehead atoms. The van der Waals surface area contributed by atoms with Gasteiger partial charge in [-0.3, -0.25) is 0 Å². The molecule has 64 valence electrons. The Hall–Kier alpha value is -0.340. The van der Waals surface area contributed by atoms with Crippen LogP contribution < -0.4 is 5.32 Å². The quantitative estimate of drug-likeness (QED) is 0.775. The third-order valence-electron chi connectivity index (χ3n) is 2.32. The lowest BCUT2D eigenvalue weighted by Gasteiger charge is -2.27. The van der Waals surface area contributed by atoms with Crippen molar-refractivity contribution in [3.05, 3.63) is 33.8 Å². The number of aryl methyl sites for hydroxylation is 1. The Morgan fingerprint density at radius 1 is 1.33 bits per heavy atom. The molecule has 0 spiro atoms. The van der Waals surface area contributed by atoms with Gasteiger partial charge in [0.25, 0.3) is 0 Å². The molecule has 2 rings (SSSR count). The lowest BCUT2D eigenvalue weighted by Crippen LogP contribution is -2.39. The van der Waals surface area contributed by atoms with Crippen molar-refractivity contribution in [2.75, 3.05) is 13.1 Å². The molecule has 1 fully saturated rings. The summed E-state index contributed by atoms with van der Waals surface area (Å²) in [6.07, 6.45) is 0. The van der Waals surface area contributed by atoms with Gasteiger partial charge in [-0.15, -0.1) is 0 Å². The molecule has 1 nitrogen and oxygen atoms in total. The summed E-state index contributed by atoms with van der Waals surface area (Å²) in [7, 11) is 0. The molecule has 1 aromatic rings. The SMILES string of the molecule is Cc1cc(Br)cc(C2CNC2)c1. The van der Waals surface area contributed by atoms with Gasteiger partial charge in [-0.2, -0.15) is 0 Å². The van der Waals surface area contributed by atoms with Crippen molar-refractivity contribution in [2.24, 2.45) is 0 Å². The van der Waals surface area contributed by atoms with Crippen LogP contribution in [-0.2, 0) is 0 Å². The van der Waals surface area contributed by atoms with Crippen LogP contribution in [0.4, 0.5) is 0 Å². The molecule has 0 radical (unpaired) electrons. The van der Waals surface area contributed by atoms with E-state index in [9.17, 15) is 0 Å². The number of hydrogen-bond donors (Lipinski definition) is 1.